The highest BCUT2D eigenvalue weighted by molar-refractivity contribution is 7.00. The fourth-order valence-corrected chi connectivity index (χ4v) is 9.59. The lowest BCUT2D eigenvalue weighted by molar-refractivity contribution is 0.590. The molecule has 0 fully saturated rings. The molecule has 0 saturated heterocycles. The van der Waals surface area contributed by atoms with Gasteiger partial charge in [0, 0.05) is 61.9 Å². The Morgan fingerprint density at radius 2 is 0.857 bits per heavy atom. The standard InChI is InChI=1S/C50H50BClN4/c1-47(2,3)29-13-15-39-33(19-29)35-21-31(49(7,8)9)23-37-44(35)55(39)41-17-27(28-25-53-46(52)54-26-28)18-42-43(41)51(37)38-24-32(50(10,11)12)22-36-34-20-30(48(4,5)6)14-16-40(34)56(42)45(36)38/h13-26H,1-12H3. The quantitative estimate of drug-likeness (QED) is 0.124. The molecule has 5 heterocycles. The van der Waals surface area contributed by atoms with E-state index in [9.17, 15) is 0 Å². The van der Waals surface area contributed by atoms with Gasteiger partial charge in [0.15, 0.2) is 0 Å². The van der Waals surface area contributed by atoms with Crippen LogP contribution in [0.2, 0.25) is 5.28 Å². The van der Waals surface area contributed by atoms with Crippen LogP contribution in [0.1, 0.15) is 105 Å². The molecule has 280 valence electrons. The van der Waals surface area contributed by atoms with Crippen LogP contribution in [0.4, 0.5) is 0 Å². The van der Waals surface area contributed by atoms with Gasteiger partial charge in [-0.2, -0.15) is 0 Å². The maximum absolute atomic E-state index is 6.27. The van der Waals surface area contributed by atoms with Gasteiger partial charge in [0.2, 0.25) is 5.28 Å². The van der Waals surface area contributed by atoms with Gasteiger partial charge in [-0.25, -0.2) is 9.97 Å². The van der Waals surface area contributed by atoms with Gasteiger partial charge in [-0.05, 0) is 126 Å². The van der Waals surface area contributed by atoms with Crippen molar-refractivity contribution in [1.29, 1.82) is 0 Å². The van der Waals surface area contributed by atoms with Gasteiger partial charge >= 0.3 is 0 Å². The summed E-state index contributed by atoms with van der Waals surface area (Å²) in [6.45, 7) is 28.0. The highest BCUT2D eigenvalue weighted by Crippen LogP contribution is 2.44. The predicted octanol–water partition coefficient (Wildman–Crippen LogP) is 11.3. The third-order valence-electron chi connectivity index (χ3n) is 12.7. The molecule has 0 spiro atoms. The molecule has 4 nitrogen and oxygen atoms in total. The van der Waals surface area contributed by atoms with E-state index in [2.05, 4.69) is 175 Å². The van der Waals surface area contributed by atoms with Crippen LogP contribution in [0, 0.1) is 0 Å². The van der Waals surface area contributed by atoms with Crippen molar-refractivity contribution in [3.05, 3.63) is 113 Å². The molecule has 0 atom stereocenters. The minimum atomic E-state index is -0.0439. The Balaban J connectivity index is 1.45. The molecule has 10 rings (SSSR count). The molecular weight excluding hydrogens is 703 g/mol. The number of hydrogen-bond donors (Lipinski definition) is 0. The normalized spacial score (nSPS) is 14.1. The Labute approximate surface area is 336 Å². The van der Waals surface area contributed by atoms with Gasteiger partial charge in [-0.15, -0.1) is 0 Å². The van der Waals surface area contributed by atoms with Crippen molar-refractivity contribution >= 4 is 78.3 Å². The molecule has 0 N–H and O–H groups in total. The Morgan fingerprint density at radius 3 is 1.25 bits per heavy atom. The Kier molecular flexibility index (Phi) is 7.08. The number of fused-ring (bicyclic) bond motifs is 10. The van der Waals surface area contributed by atoms with Gasteiger partial charge < -0.3 is 9.13 Å². The van der Waals surface area contributed by atoms with E-state index in [1.165, 1.54) is 93.6 Å². The van der Waals surface area contributed by atoms with Crippen LogP contribution in [-0.4, -0.2) is 25.8 Å². The summed E-state index contributed by atoms with van der Waals surface area (Å²) in [4.78, 5) is 8.90. The first-order valence-corrected chi connectivity index (χ1v) is 20.5. The zero-order valence-electron chi connectivity index (χ0n) is 34.8. The molecule has 8 aromatic rings. The Bertz CT molecular complexity index is 2830. The van der Waals surface area contributed by atoms with Crippen molar-refractivity contribution in [3.63, 3.8) is 0 Å². The minimum Gasteiger partial charge on any atom is -0.310 e. The first kappa shape index (κ1) is 35.5. The molecule has 2 aliphatic rings. The molecule has 0 amide bonds. The van der Waals surface area contributed by atoms with E-state index in [0.29, 0.717) is 0 Å². The van der Waals surface area contributed by atoms with E-state index < -0.39 is 0 Å². The van der Waals surface area contributed by atoms with E-state index in [1.807, 2.05) is 12.4 Å². The summed E-state index contributed by atoms with van der Waals surface area (Å²) in [6.07, 6.45) is 3.72. The zero-order chi connectivity index (χ0) is 39.6. The lowest BCUT2D eigenvalue weighted by atomic mass is 9.34. The summed E-state index contributed by atoms with van der Waals surface area (Å²) >= 11 is 6.27. The Morgan fingerprint density at radius 1 is 0.464 bits per heavy atom. The lowest BCUT2D eigenvalue weighted by Gasteiger charge is -2.36. The average Bonchev–Trinajstić information content (AvgIpc) is 3.63. The summed E-state index contributed by atoms with van der Waals surface area (Å²) in [5, 5.41) is 5.51. The molecule has 3 aromatic heterocycles. The topological polar surface area (TPSA) is 35.6 Å². The monoisotopic (exact) mass is 752 g/mol. The number of halogens is 1. The van der Waals surface area contributed by atoms with E-state index in [0.717, 1.165) is 11.1 Å². The largest absolute Gasteiger partial charge is 0.310 e. The summed E-state index contributed by atoms with van der Waals surface area (Å²) < 4.78 is 5.15. The number of hydrogen-bond acceptors (Lipinski definition) is 2. The summed E-state index contributed by atoms with van der Waals surface area (Å²) in [7, 11) is 0. The van der Waals surface area contributed by atoms with Crippen molar-refractivity contribution in [1.82, 2.24) is 19.1 Å². The van der Waals surface area contributed by atoms with Gasteiger partial charge in [0.25, 0.3) is 6.71 Å². The molecule has 0 radical (unpaired) electrons. The molecule has 0 saturated carbocycles. The highest BCUT2D eigenvalue weighted by Gasteiger charge is 2.43. The van der Waals surface area contributed by atoms with Gasteiger partial charge in [-0.1, -0.05) is 107 Å². The maximum atomic E-state index is 6.27. The van der Waals surface area contributed by atoms with E-state index in [1.54, 1.807) is 0 Å². The molecule has 2 aliphatic heterocycles. The molecular formula is C50H50BClN4. The molecule has 6 heteroatoms. The van der Waals surface area contributed by atoms with Crippen molar-refractivity contribution < 1.29 is 0 Å². The first-order chi connectivity index (χ1) is 26.2. The summed E-state index contributed by atoms with van der Waals surface area (Å²) in [5.74, 6) is 0. The van der Waals surface area contributed by atoms with Crippen LogP contribution in [0.25, 0.3) is 66.1 Å². The second kappa shape index (κ2) is 11.2. The van der Waals surface area contributed by atoms with E-state index in [-0.39, 0.29) is 33.7 Å². The molecule has 0 unspecified atom stereocenters. The van der Waals surface area contributed by atoms with Gasteiger partial charge in [0.05, 0.1) is 11.0 Å². The number of nitrogens with zero attached hydrogens (tertiary/aromatic N) is 4. The van der Waals surface area contributed by atoms with Crippen LogP contribution in [0.15, 0.2) is 85.2 Å². The van der Waals surface area contributed by atoms with Gasteiger partial charge in [0.1, 0.15) is 0 Å². The fourth-order valence-electron chi connectivity index (χ4n) is 9.49. The summed E-state index contributed by atoms with van der Waals surface area (Å²) in [6, 6.07) is 29.2. The minimum absolute atomic E-state index is 0.0159. The van der Waals surface area contributed by atoms with Crippen LogP contribution in [-0.2, 0) is 21.7 Å². The first-order valence-electron chi connectivity index (χ1n) is 20.1. The smallest absolute Gasteiger partial charge is 0.252 e. The Hall–Kier alpha value is -4.87. The number of rotatable bonds is 1. The second-order valence-electron chi connectivity index (χ2n) is 20.7. The van der Waals surface area contributed by atoms with Crippen molar-refractivity contribution in [2.75, 3.05) is 0 Å². The molecule has 56 heavy (non-hydrogen) atoms. The van der Waals surface area contributed by atoms with Crippen LogP contribution < -0.4 is 16.4 Å². The van der Waals surface area contributed by atoms with Crippen LogP contribution in [0.3, 0.4) is 0 Å². The van der Waals surface area contributed by atoms with Crippen molar-refractivity contribution in [3.8, 4) is 22.5 Å². The third-order valence-corrected chi connectivity index (χ3v) is 12.9. The predicted molar refractivity (Wildman–Crippen MR) is 241 cm³/mol. The maximum Gasteiger partial charge on any atom is 0.252 e. The fraction of sp³-hybridized carbons (Fsp3) is 0.320. The van der Waals surface area contributed by atoms with Crippen LogP contribution in [0.5, 0.6) is 0 Å². The van der Waals surface area contributed by atoms with Crippen molar-refractivity contribution in [2.24, 2.45) is 0 Å². The van der Waals surface area contributed by atoms with E-state index in [4.69, 9.17) is 11.6 Å². The molecule has 0 aliphatic carbocycles. The SMILES string of the molecule is CC(C)(C)c1ccc2c(c1)c1cc(C(C)(C)C)cc3c1n2-c1cc(-c2cnc(Cl)nc2)cc2c1B3c1cc(C(C)(C)C)cc3c4cc(C(C)(C)C)ccc4n-2c13. The summed E-state index contributed by atoms with van der Waals surface area (Å²) in [5.41, 5.74) is 19.0. The van der Waals surface area contributed by atoms with Crippen LogP contribution >= 0.6 is 11.6 Å². The van der Waals surface area contributed by atoms with E-state index >= 15 is 0 Å². The number of aromatic nitrogens is 4. The molecule has 5 aromatic carbocycles. The highest BCUT2D eigenvalue weighted by atomic mass is 35.5. The zero-order valence-corrected chi connectivity index (χ0v) is 35.6. The lowest BCUT2D eigenvalue weighted by Crippen LogP contribution is -2.59. The van der Waals surface area contributed by atoms with Crippen molar-refractivity contribution in [2.45, 2.75) is 105 Å². The number of benzene rings is 5. The van der Waals surface area contributed by atoms with Gasteiger partial charge in [-0.3, -0.25) is 0 Å². The molecule has 0 bridgehead atoms. The average molecular weight is 753 g/mol. The second-order valence-corrected chi connectivity index (χ2v) is 21.0. The third kappa shape index (κ3) is 4.98.